The number of aromatic amines is 1. The first-order valence-electron chi connectivity index (χ1n) is 7.30. The molecular formula is C17H15N5O. The highest BCUT2D eigenvalue weighted by Gasteiger charge is 2.17. The van der Waals surface area contributed by atoms with Gasteiger partial charge in [0, 0.05) is 5.69 Å². The molecular weight excluding hydrogens is 290 g/mol. The summed E-state index contributed by atoms with van der Waals surface area (Å²) in [5, 5.41) is 8.09. The van der Waals surface area contributed by atoms with E-state index in [4.69, 9.17) is 5.73 Å². The Morgan fingerprint density at radius 2 is 2.00 bits per heavy atom. The van der Waals surface area contributed by atoms with Crippen molar-refractivity contribution in [2.75, 3.05) is 5.73 Å². The van der Waals surface area contributed by atoms with Crippen molar-refractivity contribution < 1.29 is 0 Å². The maximum atomic E-state index is 12.4. The van der Waals surface area contributed by atoms with Crippen LogP contribution in [0.2, 0.25) is 0 Å². The molecule has 3 heterocycles. The topological polar surface area (TPSA) is 88.7 Å². The van der Waals surface area contributed by atoms with Crippen LogP contribution in [0.3, 0.4) is 0 Å². The third-order valence-electron chi connectivity index (χ3n) is 3.85. The van der Waals surface area contributed by atoms with Crippen molar-refractivity contribution in [1.82, 2.24) is 20.1 Å². The van der Waals surface area contributed by atoms with Crippen molar-refractivity contribution in [2.45, 2.75) is 6.04 Å². The Morgan fingerprint density at radius 1 is 1.17 bits per heavy atom. The number of hydrogen-bond acceptors (Lipinski definition) is 4. The number of H-pyrrole nitrogens is 1. The van der Waals surface area contributed by atoms with Crippen molar-refractivity contribution in [2.24, 2.45) is 0 Å². The summed E-state index contributed by atoms with van der Waals surface area (Å²) in [6.45, 7) is 0. The van der Waals surface area contributed by atoms with Crippen molar-refractivity contribution in [3.8, 4) is 5.69 Å². The van der Waals surface area contributed by atoms with Gasteiger partial charge in [-0.2, -0.15) is 5.10 Å². The highest BCUT2D eigenvalue weighted by molar-refractivity contribution is 5.89. The van der Waals surface area contributed by atoms with Gasteiger partial charge < -0.3 is 16.0 Å². The second-order valence-electron chi connectivity index (χ2n) is 5.33. The molecule has 0 fully saturated rings. The number of aromatic nitrogens is 3. The zero-order valence-electron chi connectivity index (χ0n) is 12.2. The Morgan fingerprint density at radius 3 is 2.74 bits per heavy atom. The van der Waals surface area contributed by atoms with Gasteiger partial charge in [-0.15, -0.1) is 0 Å². The summed E-state index contributed by atoms with van der Waals surface area (Å²) in [6, 6.07) is 11.3. The lowest BCUT2D eigenvalue weighted by molar-refractivity contribution is 0.719. The molecule has 0 aliphatic carbocycles. The summed E-state index contributed by atoms with van der Waals surface area (Å²) in [5.74, 6) is 0.339. The van der Waals surface area contributed by atoms with Crippen LogP contribution in [0.5, 0.6) is 0 Å². The summed E-state index contributed by atoms with van der Waals surface area (Å²) in [7, 11) is 0. The monoisotopic (exact) mass is 305 g/mol. The average molecular weight is 305 g/mol. The van der Waals surface area contributed by atoms with E-state index in [1.807, 2.05) is 60.8 Å². The van der Waals surface area contributed by atoms with Crippen LogP contribution in [0.25, 0.3) is 16.6 Å². The van der Waals surface area contributed by atoms with E-state index in [0.717, 1.165) is 11.4 Å². The van der Waals surface area contributed by atoms with Gasteiger partial charge in [0.25, 0.3) is 5.56 Å². The molecule has 4 N–H and O–H groups in total. The van der Waals surface area contributed by atoms with Crippen LogP contribution in [0.1, 0.15) is 11.7 Å². The fourth-order valence-electron chi connectivity index (χ4n) is 2.73. The van der Waals surface area contributed by atoms with Gasteiger partial charge >= 0.3 is 0 Å². The third kappa shape index (κ3) is 2.20. The largest absolute Gasteiger partial charge is 0.383 e. The molecule has 0 saturated carbocycles. The van der Waals surface area contributed by atoms with Crippen LogP contribution in [0.15, 0.2) is 65.6 Å². The van der Waals surface area contributed by atoms with Gasteiger partial charge in [-0.1, -0.05) is 30.4 Å². The molecule has 0 saturated heterocycles. The summed E-state index contributed by atoms with van der Waals surface area (Å²) >= 11 is 0. The molecule has 1 aliphatic heterocycles. The second kappa shape index (κ2) is 5.17. The Kier molecular flexibility index (Phi) is 3.01. The molecule has 1 aromatic carbocycles. The van der Waals surface area contributed by atoms with Crippen molar-refractivity contribution in [3.05, 3.63) is 76.9 Å². The predicted octanol–water partition coefficient (Wildman–Crippen LogP) is 2.01. The van der Waals surface area contributed by atoms with Crippen molar-refractivity contribution >= 4 is 16.7 Å². The number of hydrogen-bond donors (Lipinski definition) is 3. The Hall–Kier alpha value is -3.28. The van der Waals surface area contributed by atoms with Gasteiger partial charge in [-0.25, -0.2) is 4.68 Å². The lowest BCUT2D eigenvalue weighted by atomic mass is 10.1. The molecule has 2 aromatic heterocycles. The van der Waals surface area contributed by atoms with Crippen molar-refractivity contribution in [1.29, 1.82) is 0 Å². The third-order valence-corrected chi connectivity index (χ3v) is 3.85. The SMILES string of the molecule is Nc1c2c(=O)[nH]c(C3C=CC=CN3)cc2nn1-c1ccccc1. The summed E-state index contributed by atoms with van der Waals surface area (Å²) in [6.07, 6.45) is 7.63. The number of pyridine rings is 1. The highest BCUT2D eigenvalue weighted by atomic mass is 16.1. The van der Waals surface area contributed by atoms with Gasteiger partial charge in [0.1, 0.15) is 16.7 Å². The minimum absolute atomic E-state index is 0.0831. The minimum Gasteiger partial charge on any atom is -0.383 e. The molecule has 3 aromatic rings. The average Bonchev–Trinajstić information content (AvgIpc) is 2.94. The van der Waals surface area contributed by atoms with Crippen LogP contribution in [0, 0.1) is 0 Å². The predicted molar refractivity (Wildman–Crippen MR) is 90.3 cm³/mol. The highest BCUT2D eigenvalue weighted by Crippen LogP contribution is 2.23. The molecule has 1 unspecified atom stereocenters. The lowest BCUT2D eigenvalue weighted by Gasteiger charge is -2.15. The Balaban J connectivity index is 1.89. The van der Waals surface area contributed by atoms with Crippen LogP contribution in [-0.2, 0) is 0 Å². The van der Waals surface area contributed by atoms with Gasteiger partial charge in [0.2, 0.25) is 0 Å². The number of benzene rings is 1. The molecule has 0 spiro atoms. The van der Waals surface area contributed by atoms with E-state index in [-0.39, 0.29) is 11.6 Å². The van der Waals surface area contributed by atoms with Gasteiger partial charge in [0.05, 0.1) is 11.7 Å². The smallest absolute Gasteiger partial charge is 0.261 e. The number of nitrogens with one attached hydrogen (secondary N) is 2. The minimum atomic E-state index is -0.234. The number of rotatable bonds is 2. The first-order chi connectivity index (χ1) is 11.2. The van der Waals surface area contributed by atoms with E-state index in [1.165, 1.54) is 0 Å². The quantitative estimate of drug-likeness (QED) is 0.675. The number of fused-ring (bicyclic) bond motifs is 1. The molecule has 0 amide bonds. The first kappa shape index (κ1) is 13.4. The number of allylic oxidation sites excluding steroid dienone is 2. The van der Waals surface area contributed by atoms with E-state index in [0.29, 0.717) is 16.7 Å². The fraction of sp³-hybridized carbons (Fsp3) is 0.0588. The molecule has 0 bridgehead atoms. The van der Waals surface area contributed by atoms with E-state index in [1.54, 1.807) is 4.68 Å². The number of nitrogens with two attached hydrogens (primary N) is 1. The first-order valence-corrected chi connectivity index (χ1v) is 7.30. The number of anilines is 1. The van der Waals surface area contributed by atoms with Gasteiger partial charge in [-0.05, 0) is 30.5 Å². The van der Waals surface area contributed by atoms with E-state index < -0.39 is 0 Å². The number of dihydropyridines is 1. The zero-order chi connectivity index (χ0) is 15.8. The summed E-state index contributed by atoms with van der Waals surface area (Å²) in [4.78, 5) is 15.3. The zero-order valence-corrected chi connectivity index (χ0v) is 12.2. The second-order valence-corrected chi connectivity index (χ2v) is 5.33. The molecule has 1 atom stereocenters. The maximum Gasteiger partial charge on any atom is 0.261 e. The Bertz CT molecular complexity index is 981. The van der Waals surface area contributed by atoms with E-state index in [9.17, 15) is 4.79 Å². The molecule has 0 radical (unpaired) electrons. The molecule has 6 nitrogen and oxygen atoms in total. The number of nitrogens with zero attached hydrogens (tertiary/aromatic N) is 2. The van der Waals surface area contributed by atoms with E-state index >= 15 is 0 Å². The summed E-state index contributed by atoms with van der Waals surface area (Å²) in [5.41, 5.74) is 8.06. The van der Waals surface area contributed by atoms with Gasteiger partial charge in [0.15, 0.2) is 0 Å². The van der Waals surface area contributed by atoms with Crippen LogP contribution < -0.4 is 16.6 Å². The number of para-hydroxylation sites is 1. The normalized spacial score (nSPS) is 16.6. The molecule has 6 heteroatoms. The van der Waals surface area contributed by atoms with Crippen molar-refractivity contribution in [3.63, 3.8) is 0 Å². The molecule has 1 aliphatic rings. The molecule has 4 rings (SSSR count). The molecule has 114 valence electrons. The van der Waals surface area contributed by atoms with Crippen LogP contribution in [-0.4, -0.2) is 14.8 Å². The van der Waals surface area contributed by atoms with Crippen LogP contribution in [0.4, 0.5) is 5.82 Å². The molecule has 23 heavy (non-hydrogen) atoms. The van der Waals surface area contributed by atoms with Crippen LogP contribution >= 0.6 is 0 Å². The lowest BCUT2D eigenvalue weighted by Crippen LogP contribution is -2.20. The van der Waals surface area contributed by atoms with E-state index in [2.05, 4.69) is 15.4 Å². The summed E-state index contributed by atoms with van der Waals surface area (Å²) < 4.78 is 1.59. The fourth-order valence-corrected chi connectivity index (χ4v) is 2.73. The standard InChI is InChI=1S/C17H15N5O/c18-16-15-14(21-22(16)11-6-2-1-3-7-11)10-13(20-17(15)23)12-8-4-5-9-19-12/h1-10,12,19H,18H2,(H,20,23). The number of nitrogen functional groups attached to an aromatic ring is 1. The Labute approximate surface area is 131 Å². The maximum absolute atomic E-state index is 12.4. The van der Waals surface area contributed by atoms with Gasteiger partial charge in [-0.3, -0.25) is 4.79 Å².